The van der Waals surface area contributed by atoms with Crippen molar-refractivity contribution in [1.29, 1.82) is 0 Å². The molecule has 28 heavy (non-hydrogen) atoms. The second kappa shape index (κ2) is 8.97. The number of nitrogens with one attached hydrogen (secondary N) is 1. The number of aryl methyl sites for hydroxylation is 1. The number of nitrogens with zero attached hydrogens (tertiary/aromatic N) is 1. The third kappa shape index (κ3) is 4.57. The minimum absolute atomic E-state index is 0.117. The number of likely N-dealkylation sites (tertiary alicyclic amines) is 1. The molecule has 2 amide bonds. The molecule has 0 unspecified atom stereocenters. The highest BCUT2D eigenvalue weighted by molar-refractivity contribution is 5.95. The van der Waals surface area contributed by atoms with Crippen LogP contribution in [-0.4, -0.2) is 50.1 Å². The third-order valence-corrected chi connectivity index (χ3v) is 5.12. The number of hydrogen-bond acceptors (Lipinski definition) is 3. The number of rotatable bonds is 6. The van der Waals surface area contributed by atoms with Gasteiger partial charge in [0.2, 0.25) is 5.91 Å². The lowest BCUT2D eigenvalue weighted by atomic mass is 9.88. The highest BCUT2D eigenvalue weighted by atomic mass is 19.1. The van der Waals surface area contributed by atoms with Gasteiger partial charge in [0.25, 0.3) is 5.91 Å². The second-order valence-electron chi connectivity index (χ2n) is 7.13. The molecule has 2 aromatic carbocycles. The van der Waals surface area contributed by atoms with Crippen LogP contribution in [0.3, 0.4) is 0 Å². The van der Waals surface area contributed by atoms with E-state index in [1.807, 2.05) is 25.1 Å². The van der Waals surface area contributed by atoms with Gasteiger partial charge in [-0.2, -0.15) is 0 Å². The Balaban J connectivity index is 1.82. The van der Waals surface area contributed by atoms with E-state index in [4.69, 9.17) is 4.74 Å². The summed E-state index contributed by atoms with van der Waals surface area (Å²) < 4.78 is 18.7. The predicted octanol–water partition coefficient (Wildman–Crippen LogP) is 2.75. The van der Waals surface area contributed by atoms with Gasteiger partial charge in [-0.15, -0.1) is 0 Å². The van der Waals surface area contributed by atoms with Crippen molar-refractivity contribution in [1.82, 2.24) is 10.2 Å². The van der Waals surface area contributed by atoms with E-state index in [-0.39, 0.29) is 23.5 Å². The lowest BCUT2D eigenvalue weighted by Crippen LogP contribution is -2.37. The van der Waals surface area contributed by atoms with Gasteiger partial charge in [-0.05, 0) is 36.8 Å². The van der Waals surface area contributed by atoms with Gasteiger partial charge in [0.15, 0.2) is 0 Å². The molecule has 1 aliphatic rings. The molecule has 1 saturated heterocycles. The fourth-order valence-electron chi connectivity index (χ4n) is 3.60. The number of halogens is 1. The van der Waals surface area contributed by atoms with Crippen LogP contribution in [0.15, 0.2) is 48.5 Å². The maximum Gasteiger partial charge on any atom is 0.253 e. The summed E-state index contributed by atoms with van der Waals surface area (Å²) in [5, 5.41) is 2.85. The Morgan fingerprint density at radius 2 is 1.93 bits per heavy atom. The minimum atomic E-state index is -0.437. The Morgan fingerprint density at radius 3 is 2.61 bits per heavy atom. The monoisotopic (exact) mass is 384 g/mol. The van der Waals surface area contributed by atoms with Crippen molar-refractivity contribution in [3.8, 4) is 0 Å². The van der Waals surface area contributed by atoms with E-state index >= 15 is 0 Å². The predicted molar refractivity (Wildman–Crippen MR) is 105 cm³/mol. The Bertz CT molecular complexity index is 838. The van der Waals surface area contributed by atoms with Gasteiger partial charge in [-0.3, -0.25) is 9.59 Å². The molecule has 0 saturated carbocycles. The van der Waals surface area contributed by atoms with Crippen LogP contribution < -0.4 is 5.32 Å². The first kappa shape index (κ1) is 20.0. The molecule has 1 heterocycles. The molecular formula is C22H25FN2O3. The van der Waals surface area contributed by atoms with E-state index in [2.05, 4.69) is 5.32 Å². The van der Waals surface area contributed by atoms with Gasteiger partial charge in [0.1, 0.15) is 5.82 Å². The zero-order valence-electron chi connectivity index (χ0n) is 16.2. The van der Waals surface area contributed by atoms with Gasteiger partial charge in [-0.25, -0.2) is 4.39 Å². The van der Waals surface area contributed by atoms with Crippen LogP contribution in [0.2, 0.25) is 0 Å². The van der Waals surface area contributed by atoms with E-state index in [0.29, 0.717) is 31.8 Å². The average molecular weight is 384 g/mol. The molecule has 0 aliphatic carbocycles. The summed E-state index contributed by atoms with van der Waals surface area (Å²) in [6, 6.07) is 13.6. The lowest BCUT2D eigenvalue weighted by Gasteiger charge is -2.18. The number of amides is 2. The molecule has 0 radical (unpaired) electrons. The first-order chi connectivity index (χ1) is 13.5. The van der Waals surface area contributed by atoms with Crippen molar-refractivity contribution in [3.05, 3.63) is 71.0 Å². The van der Waals surface area contributed by atoms with Crippen LogP contribution in [0.1, 0.15) is 27.4 Å². The lowest BCUT2D eigenvalue weighted by molar-refractivity contribution is -0.125. The summed E-state index contributed by atoms with van der Waals surface area (Å²) in [5.41, 5.74) is 2.39. The summed E-state index contributed by atoms with van der Waals surface area (Å²) in [5.74, 6) is -1.31. The second-order valence-corrected chi connectivity index (χ2v) is 7.13. The smallest absolute Gasteiger partial charge is 0.253 e. The van der Waals surface area contributed by atoms with Crippen molar-refractivity contribution < 1.29 is 18.7 Å². The molecule has 3 rings (SSSR count). The number of ether oxygens (including phenoxy) is 1. The number of methoxy groups -OCH3 is 1. The Morgan fingerprint density at radius 1 is 1.18 bits per heavy atom. The Labute approximate surface area is 164 Å². The molecule has 2 atom stereocenters. The van der Waals surface area contributed by atoms with Crippen LogP contribution in [0.4, 0.5) is 4.39 Å². The van der Waals surface area contributed by atoms with Gasteiger partial charge in [0, 0.05) is 38.2 Å². The van der Waals surface area contributed by atoms with Crippen LogP contribution in [0.5, 0.6) is 0 Å². The van der Waals surface area contributed by atoms with Gasteiger partial charge >= 0.3 is 0 Å². The average Bonchev–Trinajstić information content (AvgIpc) is 3.14. The molecule has 2 aromatic rings. The van der Waals surface area contributed by atoms with E-state index < -0.39 is 5.92 Å². The zero-order valence-corrected chi connectivity index (χ0v) is 16.2. The van der Waals surface area contributed by atoms with Crippen molar-refractivity contribution in [2.45, 2.75) is 12.8 Å². The van der Waals surface area contributed by atoms with Crippen molar-refractivity contribution >= 4 is 11.8 Å². The normalized spacial score (nSPS) is 18.9. The third-order valence-electron chi connectivity index (χ3n) is 5.12. The van der Waals surface area contributed by atoms with Crippen molar-refractivity contribution in [3.63, 3.8) is 0 Å². The first-order valence-corrected chi connectivity index (χ1v) is 9.37. The fraction of sp³-hybridized carbons (Fsp3) is 0.364. The summed E-state index contributed by atoms with van der Waals surface area (Å²) in [4.78, 5) is 27.4. The van der Waals surface area contributed by atoms with E-state index in [1.165, 1.54) is 12.1 Å². The zero-order chi connectivity index (χ0) is 20.1. The maximum absolute atomic E-state index is 13.8. The molecule has 0 bridgehead atoms. The van der Waals surface area contributed by atoms with Gasteiger partial charge in [0.05, 0.1) is 12.5 Å². The summed E-state index contributed by atoms with van der Waals surface area (Å²) in [6.45, 7) is 3.44. The van der Waals surface area contributed by atoms with Gasteiger partial charge in [-0.1, -0.05) is 29.8 Å². The quantitative estimate of drug-likeness (QED) is 0.779. The van der Waals surface area contributed by atoms with Crippen LogP contribution >= 0.6 is 0 Å². The molecule has 1 fully saturated rings. The van der Waals surface area contributed by atoms with Crippen LogP contribution in [0.25, 0.3) is 0 Å². The topological polar surface area (TPSA) is 58.6 Å². The largest absolute Gasteiger partial charge is 0.383 e. The molecular weight excluding hydrogens is 359 g/mol. The van der Waals surface area contributed by atoms with Crippen LogP contribution in [-0.2, 0) is 9.53 Å². The van der Waals surface area contributed by atoms with Gasteiger partial charge < -0.3 is 15.0 Å². The van der Waals surface area contributed by atoms with E-state index in [9.17, 15) is 14.0 Å². The molecule has 1 N–H and O–H groups in total. The molecule has 0 aromatic heterocycles. The summed E-state index contributed by atoms with van der Waals surface area (Å²) >= 11 is 0. The Hall–Kier alpha value is -2.73. The number of carbonyl (C=O) groups is 2. The minimum Gasteiger partial charge on any atom is -0.383 e. The number of hydrogen-bond donors (Lipinski definition) is 1. The summed E-state index contributed by atoms with van der Waals surface area (Å²) in [7, 11) is 1.57. The Kier molecular flexibility index (Phi) is 6.41. The SMILES string of the molecule is COCCNC(=O)[C@H]1CN(C(=O)c2ccc(C)cc2)C[C@H]1c1cccc(F)c1. The molecule has 0 spiro atoms. The highest BCUT2D eigenvalue weighted by Gasteiger charge is 2.40. The first-order valence-electron chi connectivity index (χ1n) is 9.37. The highest BCUT2D eigenvalue weighted by Crippen LogP contribution is 2.34. The fourth-order valence-corrected chi connectivity index (χ4v) is 3.60. The van der Waals surface area contributed by atoms with E-state index in [0.717, 1.165) is 11.1 Å². The van der Waals surface area contributed by atoms with Crippen molar-refractivity contribution in [2.75, 3.05) is 33.4 Å². The molecule has 6 heteroatoms. The maximum atomic E-state index is 13.8. The van der Waals surface area contributed by atoms with Crippen molar-refractivity contribution in [2.24, 2.45) is 5.92 Å². The number of carbonyl (C=O) groups excluding carboxylic acids is 2. The molecule has 5 nitrogen and oxygen atoms in total. The standard InChI is InChI=1S/C22H25FN2O3/c1-15-6-8-16(9-7-15)22(27)25-13-19(17-4-3-5-18(23)12-17)20(14-25)21(26)24-10-11-28-2/h3-9,12,19-20H,10-11,13-14H2,1-2H3,(H,24,26)/t19-,20-/m0/s1. The number of benzene rings is 2. The molecule has 148 valence electrons. The summed E-state index contributed by atoms with van der Waals surface area (Å²) in [6.07, 6.45) is 0. The molecule has 1 aliphatic heterocycles. The van der Waals surface area contributed by atoms with Crippen LogP contribution in [0, 0.1) is 18.7 Å². The van der Waals surface area contributed by atoms with E-state index in [1.54, 1.807) is 30.2 Å².